The minimum Gasteiger partial charge on any atom is -0.274 e. The molecule has 8 heteroatoms. The molecule has 2 amide bonds. The molecule has 0 N–H and O–H groups in total. The Bertz CT molecular complexity index is 964. The summed E-state index contributed by atoms with van der Waals surface area (Å²) in [6, 6.07) is 12.2. The van der Waals surface area contributed by atoms with Gasteiger partial charge in [-0.3, -0.25) is 9.59 Å². The molecule has 0 spiro atoms. The summed E-state index contributed by atoms with van der Waals surface area (Å²) >= 11 is 16.1. The Morgan fingerprint density at radius 2 is 1.46 bits per heavy atom. The average molecular weight is 481 g/mol. The van der Waals surface area contributed by atoms with Crippen molar-refractivity contribution in [2.75, 3.05) is 18.0 Å². The predicted octanol–water partition coefficient (Wildman–Crippen LogP) is 4.29. The second-order valence-electron chi connectivity index (χ2n) is 7.23. The summed E-state index contributed by atoms with van der Waals surface area (Å²) in [5.41, 5.74) is 1.31. The summed E-state index contributed by atoms with van der Waals surface area (Å²) in [7, 11) is 0. The number of rotatable bonds is 2. The van der Waals surface area contributed by atoms with Gasteiger partial charge in [-0.25, -0.2) is 14.9 Å². The number of hydrogen-bond acceptors (Lipinski definition) is 4. The summed E-state index contributed by atoms with van der Waals surface area (Å²) < 4.78 is 0.974. The number of halogens is 3. The molecule has 0 radical (unpaired) electrons. The fourth-order valence-electron chi connectivity index (χ4n) is 4.70. The van der Waals surface area contributed by atoms with Crippen LogP contribution in [-0.4, -0.2) is 41.0 Å². The molecule has 3 aliphatic heterocycles. The quantitative estimate of drug-likeness (QED) is 0.601. The van der Waals surface area contributed by atoms with Gasteiger partial charge in [-0.1, -0.05) is 57.3 Å². The first kappa shape index (κ1) is 18.6. The van der Waals surface area contributed by atoms with Crippen molar-refractivity contribution < 1.29 is 9.59 Å². The van der Waals surface area contributed by atoms with Crippen LogP contribution in [0.5, 0.6) is 0 Å². The topological polar surface area (TPSA) is 43.9 Å². The molecule has 2 aromatic carbocycles. The lowest BCUT2D eigenvalue weighted by Gasteiger charge is -2.30. The number of hydrazine groups is 1. The standard InChI is InChI=1S/C20H16BrCl2N3O2/c21-12-7-5-11(6-8-12)16-15-18(25-10-2-9-24(16)25)20(28)26(19(15)27)17-13(22)3-1-4-14(17)23/h1,3-8,15-16,18H,2,9-10H2/t15-,16+,18-/m1/s1. The third-order valence-corrected chi connectivity index (χ3v) is 6.92. The van der Waals surface area contributed by atoms with Crippen molar-refractivity contribution in [2.24, 2.45) is 5.92 Å². The predicted molar refractivity (Wildman–Crippen MR) is 111 cm³/mol. The molecule has 3 aliphatic rings. The highest BCUT2D eigenvalue weighted by molar-refractivity contribution is 9.10. The van der Waals surface area contributed by atoms with Crippen LogP contribution in [0.25, 0.3) is 0 Å². The number of imide groups is 1. The number of carbonyl (C=O) groups excluding carboxylic acids is 2. The van der Waals surface area contributed by atoms with E-state index in [9.17, 15) is 9.59 Å². The lowest BCUT2D eigenvalue weighted by molar-refractivity contribution is -0.126. The summed E-state index contributed by atoms with van der Waals surface area (Å²) in [5.74, 6) is -0.981. The number of anilines is 1. The maximum atomic E-state index is 13.5. The van der Waals surface area contributed by atoms with Gasteiger partial charge in [0.05, 0.1) is 27.7 Å². The first-order valence-electron chi connectivity index (χ1n) is 9.09. The van der Waals surface area contributed by atoms with E-state index in [0.717, 1.165) is 29.5 Å². The van der Waals surface area contributed by atoms with Crippen LogP contribution in [-0.2, 0) is 9.59 Å². The third kappa shape index (κ3) is 2.59. The number of nitrogens with zero attached hydrogens (tertiary/aromatic N) is 3. The van der Waals surface area contributed by atoms with Gasteiger partial charge in [-0.15, -0.1) is 0 Å². The Labute approximate surface area is 180 Å². The largest absolute Gasteiger partial charge is 0.274 e. The highest BCUT2D eigenvalue weighted by Gasteiger charge is 2.63. The Morgan fingerprint density at radius 3 is 2.11 bits per heavy atom. The zero-order valence-corrected chi connectivity index (χ0v) is 17.8. The van der Waals surface area contributed by atoms with Gasteiger partial charge in [-0.05, 0) is 36.2 Å². The monoisotopic (exact) mass is 479 g/mol. The van der Waals surface area contributed by atoms with E-state index >= 15 is 0 Å². The van der Waals surface area contributed by atoms with Crippen LogP contribution in [0.4, 0.5) is 5.69 Å². The Kier molecular flexibility index (Phi) is 4.52. The number of para-hydroxylation sites is 1. The van der Waals surface area contributed by atoms with E-state index in [4.69, 9.17) is 23.2 Å². The van der Waals surface area contributed by atoms with Gasteiger partial charge in [-0.2, -0.15) is 0 Å². The van der Waals surface area contributed by atoms with Gasteiger partial charge >= 0.3 is 0 Å². The Balaban J connectivity index is 1.62. The lowest BCUT2D eigenvalue weighted by atomic mass is 9.90. The summed E-state index contributed by atoms with van der Waals surface area (Å²) in [5, 5.41) is 4.84. The van der Waals surface area contributed by atoms with E-state index < -0.39 is 12.0 Å². The van der Waals surface area contributed by atoms with Crippen LogP contribution < -0.4 is 4.90 Å². The normalized spacial score (nSPS) is 27.5. The Morgan fingerprint density at radius 1 is 0.857 bits per heavy atom. The molecule has 0 saturated carbocycles. The fraction of sp³-hybridized carbons (Fsp3) is 0.300. The number of benzene rings is 2. The molecular weight excluding hydrogens is 465 g/mol. The smallest absolute Gasteiger partial charge is 0.253 e. The van der Waals surface area contributed by atoms with Crippen molar-refractivity contribution in [1.29, 1.82) is 0 Å². The van der Waals surface area contributed by atoms with Gasteiger partial charge in [0.1, 0.15) is 6.04 Å². The molecule has 3 saturated heterocycles. The molecule has 3 fully saturated rings. The molecular formula is C20H16BrCl2N3O2. The summed E-state index contributed by atoms with van der Waals surface area (Å²) in [6.07, 6.45) is 0.963. The molecule has 0 bridgehead atoms. The molecule has 3 heterocycles. The van der Waals surface area contributed by atoms with Crippen molar-refractivity contribution in [3.05, 3.63) is 62.5 Å². The average Bonchev–Trinajstić information content (AvgIpc) is 3.30. The number of fused-ring (bicyclic) bond motifs is 3. The van der Waals surface area contributed by atoms with Crippen LogP contribution in [0.2, 0.25) is 10.0 Å². The third-order valence-electron chi connectivity index (χ3n) is 5.78. The molecule has 0 unspecified atom stereocenters. The van der Waals surface area contributed by atoms with Crippen molar-refractivity contribution in [2.45, 2.75) is 18.5 Å². The number of amides is 2. The van der Waals surface area contributed by atoms with E-state index in [2.05, 4.69) is 25.9 Å². The summed E-state index contributed by atoms with van der Waals surface area (Å²) in [6.45, 7) is 1.60. The van der Waals surface area contributed by atoms with Crippen LogP contribution in [0, 0.1) is 5.92 Å². The zero-order chi connectivity index (χ0) is 19.6. The molecule has 5 nitrogen and oxygen atoms in total. The van der Waals surface area contributed by atoms with E-state index in [-0.39, 0.29) is 23.5 Å². The second-order valence-corrected chi connectivity index (χ2v) is 8.96. The second kappa shape index (κ2) is 6.82. The SMILES string of the molecule is O=C1[C@H]2[C@H](C(=O)N1c1c(Cl)cccc1Cl)N1CCCN1[C@H]2c1ccc(Br)cc1. The van der Waals surface area contributed by atoms with Gasteiger partial charge in [0, 0.05) is 17.6 Å². The van der Waals surface area contributed by atoms with Crippen molar-refractivity contribution in [3.8, 4) is 0 Å². The molecule has 144 valence electrons. The summed E-state index contributed by atoms with van der Waals surface area (Å²) in [4.78, 5) is 28.1. The van der Waals surface area contributed by atoms with Gasteiger partial charge in [0.2, 0.25) is 5.91 Å². The van der Waals surface area contributed by atoms with Crippen molar-refractivity contribution >= 4 is 56.6 Å². The molecule has 0 aromatic heterocycles. The van der Waals surface area contributed by atoms with Crippen molar-refractivity contribution in [1.82, 2.24) is 10.0 Å². The highest BCUT2D eigenvalue weighted by atomic mass is 79.9. The first-order valence-corrected chi connectivity index (χ1v) is 10.6. The van der Waals surface area contributed by atoms with Crippen LogP contribution in [0.15, 0.2) is 46.9 Å². The van der Waals surface area contributed by atoms with Gasteiger partial charge in [0.25, 0.3) is 5.91 Å². The van der Waals surface area contributed by atoms with E-state index in [0.29, 0.717) is 10.0 Å². The molecule has 2 aromatic rings. The molecule has 5 rings (SSSR count). The number of hydrogen-bond donors (Lipinski definition) is 0. The maximum Gasteiger partial charge on any atom is 0.253 e. The Hall–Kier alpha value is -1.44. The molecule has 3 atom stereocenters. The van der Waals surface area contributed by atoms with Crippen molar-refractivity contribution in [3.63, 3.8) is 0 Å². The number of carbonyl (C=O) groups is 2. The molecule has 0 aliphatic carbocycles. The molecule has 28 heavy (non-hydrogen) atoms. The fourth-order valence-corrected chi connectivity index (χ4v) is 5.53. The van der Waals surface area contributed by atoms with Gasteiger partial charge in [0.15, 0.2) is 0 Å². The van der Waals surface area contributed by atoms with Crippen LogP contribution >= 0.6 is 39.1 Å². The zero-order valence-electron chi connectivity index (χ0n) is 14.7. The van der Waals surface area contributed by atoms with Crippen LogP contribution in [0.3, 0.4) is 0 Å². The van der Waals surface area contributed by atoms with E-state index in [1.54, 1.807) is 18.2 Å². The van der Waals surface area contributed by atoms with Gasteiger partial charge < -0.3 is 0 Å². The lowest BCUT2D eigenvalue weighted by Crippen LogP contribution is -2.44. The van der Waals surface area contributed by atoms with E-state index in [1.807, 2.05) is 24.3 Å². The maximum absolute atomic E-state index is 13.5. The van der Waals surface area contributed by atoms with Crippen LogP contribution in [0.1, 0.15) is 18.0 Å². The van der Waals surface area contributed by atoms with E-state index in [1.165, 1.54) is 4.90 Å². The first-order chi connectivity index (χ1) is 13.5. The minimum absolute atomic E-state index is 0.177. The highest BCUT2D eigenvalue weighted by Crippen LogP contribution is 2.50. The minimum atomic E-state index is -0.518.